The van der Waals surface area contributed by atoms with Gasteiger partial charge in [0.1, 0.15) is 6.61 Å². The highest BCUT2D eigenvalue weighted by atomic mass is 16.5. The molecule has 0 bridgehead atoms. The third-order valence-corrected chi connectivity index (χ3v) is 2.26. The number of hydrogen-bond acceptors (Lipinski definition) is 2. The fourth-order valence-electron chi connectivity index (χ4n) is 1.60. The first-order valence-electron chi connectivity index (χ1n) is 5.63. The van der Waals surface area contributed by atoms with Gasteiger partial charge in [-0.3, -0.25) is 0 Å². The Morgan fingerprint density at radius 2 is 2.06 bits per heavy atom. The van der Waals surface area contributed by atoms with Crippen molar-refractivity contribution in [2.45, 2.75) is 25.8 Å². The van der Waals surface area contributed by atoms with Gasteiger partial charge >= 0.3 is 6.09 Å². The second kappa shape index (κ2) is 6.09. The SMILES string of the molecule is C=CCOC(=O)NC(C)(C)Cc1ccccc1. The lowest BCUT2D eigenvalue weighted by atomic mass is 9.95. The second-order valence-corrected chi connectivity index (χ2v) is 4.56. The molecule has 0 fully saturated rings. The van der Waals surface area contributed by atoms with Crippen LogP contribution in [-0.4, -0.2) is 18.2 Å². The smallest absolute Gasteiger partial charge is 0.407 e. The predicted molar refractivity (Wildman–Crippen MR) is 68.9 cm³/mol. The number of benzene rings is 1. The molecule has 17 heavy (non-hydrogen) atoms. The van der Waals surface area contributed by atoms with Gasteiger partial charge in [-0.25, -0.2) is 4.79 Å². The molecule has 0 heterocycles. The minimum absolute atomic E-state index is 0.229. The second-order valence-electron chi connectivity index (χ2n) is 4.56. The van der Waals surface area contributed by atoms with E-state index < -0.39 is 6.09 Å². The van der Waals surface area contributed by atoms with Gasteiger partial charge in [0.2, 0.25) is 0 Å². The Balaban J connectivity index is 2.51. The van der Waals surface area contributed by atoms with E-state index >= 15 is 0 Å². The van der Waals surface area contributed by atoms with Crippen molar-refractivity contribution >= 4 is 6.09 Å². The van der Waals surface area contributed by atoms with E-state index in [-0.39, 0.29) is 12.1 Å². The van der Waals surface area contributed by atoms with Gasteiger partial charge in [0, 0.05) is 5.54 Å². The van der Waals surface area contributed by atoms with E-state index in [9.17, 15) is 4.79 Å². The van der Waals surface area contributed by atoms with Crippen molar-refractivity contribution in [1.29, 1.82) is 0 Å². The van der Waals surface area contributed by atoms with Crippen LogP contribution in [0.2, 0.25) is 0 Å². The summed E-state index contributed by atoms with van der Waals surface area (Å²) in [4.78, 5) is 11.4. The van der Waals surface area contributed by atoms with Gasteiger partial charge in [-0.05, 0) is 25.8 Å². The zero-order chi connectivity index (χ0) is 12.7. The summed E-state index contributed by atoms with van der Waals surface area (Å²) in [5, 5.41) is 2.83. The van der Waals surface area contributed by atoms with E-state index in [1.54, 1.807) is 6.08 Å². The van der Waals surface area contributed by atoms with Crippen molar-refractivity contribution in [3.05, 3.63) is 48.6 Å². The van der Waals surface area contributed by atoms with Gasteiger partial charge in [0.15, 0.2) is 0 Å². The molecule has 0 saturated carbocycles. The Bertz CT molecular complexity index is 371. The molecule has 1 N–H and O–H groups in total. The summed E-state index contributed by atoms with van der Waals surface area (Å²) < 4.78 is 4.90. The number of ether oxygens (including phenoxy) is 1. The maximum Gasteiger partial charge on any atom is 0.407 e. The van der Waals surface area contributed by atoms with E-state index in [2.05, 4.69) is 11.9 Å². The molecule has 1 aromatic rings. The normalized spacial score (nSPS) is 10.7. The summed E-state index contributed by atoms with van der Waals surface area (Å²) in [6.07, 6.45) is 1.90. The summed E-state index contributed by atoms with van der Waals surface area (Å²) in [5.74, 6) is 0. The molecular weight excluding hydrogens is 214 g/mol. The standard InChI is InChI=1S/C14H19NO2/c1-4-10-17-13(16)15-14(2,3)11-12-8-6-5-7-9-12/h4-9H,1,10-11H2,2-3H3,(H,15,16). The molecule has 1 amide bonds. The van der Waals surface area contributed by atoms with Crippen LogP contribution in [-0.2, 0) is 11.2 Å². The van der Waals surface area contributed by atoms with Crippen LogP contribution in [0.1, 0.15) is 19.4 Å². The minimum atomic E-state index is -0.411. The molecule has 92 valence electrons. The predicted octanol–water partition coefficient (Wildman–Crippen LogP) is 2.92. The Kier molecular flexibility index (Phi) is 4.76. The molecule has 1 aromatic carbocycles. The molecule has 0 saturated heterocycles. The summed E-state index contributed by atoms with van der Waals surface area (Å²) in [5.41, 5.74) is 0.848. The highest BCUT2D eigenvalue weighted by molar-refractivity contribution is 5.68. The summed E-state index contributed by atoms with van der Waals surface area (Å²) >= 11 is 0. The van der Waals surface area contributed by atoms with Crippen molar-refractivity contribution in [2.75, 3.05) is 6.61 Å². The molecule has 0 unspecified atom stereocenters. The van der Waals surface area contributed by atoms with E-state index in [0.717, 1.165) is 6.42 Å². The first-order valence-corrected chi connectivity index (χ1v) is 5.63. The Hall–Kier alpha value is -1.77. The Labute approximate surface area is 102 Å². The van der Waals surface area contributed by atoms with E-state index in [1.165, 1.54) is 5.56 Å². The van der Waals surface area contributed by atoms with Gasteiger partial charge in [-0.1, -0.05) is 43.0 Å². The monoisotopic (exact) mass is 233 g/mol. The van der Waals surface area contributed by atoms with Crippen LogP contribution in [0.3, 0.4) is 0 Å². The maximum absolute atomic E-state index is 11.4. The third-order valence-electron chi connectivity index (χ3n) is 2.26. The van der Waals surface area contributed by atoms with Crippen LogP contribution in [0.15, 0.2) is 43.0 Å². The highest BCUT2D eigenvalue weighted by Gasteiger charge is 2.21. The third kappa shape index (κ3) is 5.20. The van der Waals surface area contributed by atoms with Crippen molar-refractivity contribution in [3.8, 4) is 0 Å². The molecule has 0 aromatic heterocycles. The van der Waals surface area contributed by atoms with E-state index in [0.29, 0.717) is 0 Å². The molecule has 0 aliphatic rings. The molecule has 0 radical (unpaired) electrons. The molecular formula is C14H19NO2. The zero-order valence-corrected chi connectivity index (χ0v) is 10.4. The fraction of sp³-hybridized carbons (Fsp3) is 0.357. The summed E-state index contributed by atoms with van der Waals surface area (Å²) in [7, 11) is 0. The molecule has 0 aliphatic carbocycles. The van der Waals surface area contributed by atoms with Gasteiger partial charge < -0.3 is 10.1 Å². The number of alkyl carbamates (subject to hydrolysis) is 1. The zero-order valence-electron chi connectivity index (χ0n) is 10.4. The molecule has 0 aliphatic heterocycles. The van der Waals surface area contributed by atoms with Crippen LogP contribution in [0.25, 0.3) is 0 Å². The number of amides is 1. The number of carbonyl (C=O) groups excluding carboxylic acids is 1. The summed E-state index contributed by atoms with van der Waals surface area (Å²) in [6.45, 7) is 7.66. The first-order chi connectivity index (χ1) is 8.03. The molecule has 3 nitrogen and oxygen atoms in total. The van der Waals surface area contributed by atoms with Crippen LogP contribution < -0.4 is 5.32 Å². The first kappa shape index (κ1) is 13.3. The average Bonchev–Trinajstić information content (AvgIpc) is 2.26. The lowest BCUT2D eigenvalue weighted by molar-refractivity contribution is 0.147. The van der Waals surface area contributed by atoms with Crippen molar-refractivity contribution in [2.24, 2.45) is 0 Å². The summed E-state index contributed by atoms with van der Waals surface area (Å²) in [6, 6.07) is 10.0. The van der Waals surface area contributed by atoms with Crippen molar-refractivity contribution in [1.82, 2.24) is 5.32 Å². The fourth-order valence-corrected chi connectivity index (χ4v) is 1.60. The lowest BCUT2D eigenvalue weighted by Crippen LogP contribution is -2.45. The van der Waals surface area contributed by atoms with Crippen molar-refractivity contribution in [3.63, 3.8) is 0 Å². The van der Waals surface area contributed by atoms with Gasteiger partial charge in [0.05, 0.1) is 0 Å². The van der Waals surface area contributed by atoms with Crippen molar-refractivity contribution < 1.29 is 9.53 Å². The molecule has 0 atom stereocenters. The van der Waals surface area contributed by atoms with Crippen LogP contribution in [0.4, 0.5) is 4.79 Å². The topological polar surface area (TPSA) is 38.3 Å². The average molecular weight is 233 g/mol. The number of hydrogen-bond donors (Lipinski definition) is 1. The molecule has 0 spiro atoms. The highest BCUT2D eigenvalue weighted by Crippen LogP contribution is 2.12. The molecule has 3 heteroatoms. The maximum atomic E-state index is 11.4. The van der Waals surface area contributed by atoms with Crippen LogP contribution in [0, 0.1) is 0 Å². The quantitative estimate of drug-likeness (QED) is 0.794. The van der Waals surface area contributed by atoms with Gasteiger partial charge in [-0.15, -0.1) is 0 Å². The minimum Gasteiger partial charge on any atom is -0.445 e. The Morgan fingerprint density at radius 1 is 1.41 bits per heavy atom. The Morgan fingerprint density at radius 3 is 2.65 bits per heavy atom. The van der Waals surface area contributed by atoms with Crippen LogP contribution in [0.5, 0.6) is 0 Å². The number of rotatable bonds is 5. The lowest BCUT2D eigenvalue weighted by Gasteiger charge is -2.25. The molecule has 1 rings (SSSR count). The number of nitrogens with one attached hydrogen (secondary N) is 1. The van der Waals surface area contributed by atoms with Crippen LogP contribution >= 0.6 is 0 Å². The van der Waals surface area contributed by atoms with Gasteiger partial charge in [0.25, 0.3) is 0 Å². The number of carbonyl (C=O) groups is 1. The van der Waals surface area contributed by atoms with E-state index in [1.807, 2.05) is 44.2 Å². The largest absolute Gasteiger partial charge is 0.445 e. The van der Waals surface area contributed by atoms with Gasteiger partial charge in [-0.2, -0.15) is 0 Å². The van der Waals surface area contributed by atoms with E-state index in [4.69, 9.17) is 4.74 Å².